The van der Waals surface area contributed by atoms with Gasteiger partial charge in [-0.15, -0.1) is 0 Å². The van der Waals surface area contributed by atoms with E-state index in [9.17, 15) is 9.59 Å². The summed E-state index contributed by atoms with van der Waals surface area (Å²) in [5.41, 5.74) is 2.99. The molecule has 0 N–H and O–H groups in total. The molecule has 2 aliphatic heterocycles. The zero-order chi connectivity index (χ0) is 22.5. The third-order valence-electron chi connectivity index (χ3n) is 7.31. The third-order valence-corrected chi connectivity index (χ3v) is 7.31. The monoisotopic (exact) mass is 437 g/mol. The minimum Gasteiger partial charge on any atom is -0.361 e. The first-order valence-electron chi connectivity index (χ1n) is 12.0. The zero-order valence-electron chi connectivity index (χ0n) is 19.4. The normalized spacial score (nSPS) is 20.4. The molecule has 2 aromatic rings. The summed E-state index contributed by atoms with van der Waals surface area (Å²) < 4.78 is 5.20. The van der Waals surface area contributed by atoms with Gasteiger partial charge in [-0.2, -0.15) is 0 Å². The van der Waals surface area contributed by atoms with E-state index in [2.05, 4.69) is 34.3 Å². The standard InChI is InChI=1S/C26H35N3O3/c1-19-24(20(2)32-27-19)18-25(30)28-16-12-22(13-17-28)23-10-6-7-14-29(26(23)31)15-11-21-8-4-3-5-9-21/h3-5,8-9,22-23H,6-7,10-18H2,1-2H3/t23-/m1/s1. The molecule has 2 amide bonds. The second kappa shape index (κ2) is 10.3. The molecular weight excluding hydrogens is 402 g/mol. The Morgan fingerprint density at radius 2 is 1.81 bits per heavy atom. The van der Waals surface area contributed by atoms with Crippen molar-refractivity contribution < 1.29 is 14.1 Å². The van der Waals surface area contributed by atoms with Gasteiger partial charge in [-0.25, -0.2) is 0 Å². The lowest BCUT2D eigenvalue weighted by Crippen LogP contribution is -2.44. The van der Waals surface area contributed by atoms with Gasteiger partial charge in [-0.3, -0.25) is 9.59 Å². The summed E-state index contributed by atoms with van der Waals surface area (Å²) >= 11 is 0. The van der Waals surface area contributed by atoms with Gasteiger partial charge in [0, 0.05) is 37.7 Å². The number of hydrogen-bond donors (Lipinski definition) is 0. The van der Waals surface area contributed by atoms with Crippen LogP contribution in [0.3, 0.4) is 0 Å². The van der Waals surface area contributed by atoms with Gasteiger partial charge in [0.05, 0.1) is 12.1 Å². The van der Waals surface area contributed by atoms with E-state index >= 15 is 0 Å². The van der Waals surface area contributed by atoms with Crippen molar-refractivity contribution in [3.63, 3.8) is 0 Å². The van der Waals surface area contributed by atoms with Gasteiger partial charge in [0.1, 0.15) is 5.76 Å². The van der Waals surface area contributed by atoms with Crippen LogP contribution in [0.5, 0.6) is 0 Å². The Balaban J connectivity index is 1.31. The summed E-state index contributed by atoms with van der Waals surface area (Å²) in [6.07, 6.45) is 6.27. The number of hydrogen-bond acceptors (Lipinski definition) is 4. The van der Waals surface area contributed by atoms with Crippen LogP contribution in [-0.4, -0.2) is 52.9 Å². The summed E-state index contributed by atoms with van der Waals surface area (Å²) in [4.78, 5) is 30.3. The number of piperidine rings is 1. The Kier molecular flexibility index (Phi) is 7.28. The molecule has 6 heteroatoms. The quantitative estimate of drug-likeness (QED) is 0.686. The van der Waals surface area contributed by atoms with E-state index in [4.69, 9.17) is 4.52 Å². The maximum atomic E-state index is 13.4. The molecule has 2 fully saturated rings. The van der Waals surface area contributed by atoms with Crippen molar-refractivity contribution >= 4 is 11.8 Å². The molecule has 6 nitrogen and oxygen atoms in total. The van der Waals surface area contributed by atoms with Gasteiger partial charge >= 0.3 is 0 Å². The maximum absolute atomic E-state index is 13.4. The maximum Gasteiger partial charge on any atom is 0.227 e. The molecule has 0 aliphatic carbocycles. The number of nitrogens with zero attached hydrogens (tertiary/aromatic N) is 3. The molecule has 2 aliphatic rings. The van der Waals surface area contributed by atoms with Crippen molar-refractivity contribution in [1.82, 2.24) is 15.0 Å². The van der Waals surface area contributed by atoms with Crippen molar-refractivity contribution in [2.75, 3.05) is 26.2 Å². The molecule has 0 unspecified atom stereocenters. The highest BCUT2D eigenvalue weighted by atomic mass is 16.5. The zero-order valence-corrected chi connectivity index (χ0v) is 19.4. The summed E-state index contributed by atoms with van der Waals surface area (Å²) in [7, 11) is 0. The second-order valence-corrected chi connectivity index (χ2v) is 9.36. The molecule has 0 radical (unpaired) electrons. The number of aromatic nitrogens is 1. The van der Waals surface area contributed by atoms with E-state index in [0.29, 0.717) is 18.2 Å². The largest absolute Gasteiger partial charge is 0.361 e. The summed E-state index contributed by atoms with van der Waals surface area (Å²) in [6.45, 7) is 6.88. The van der Waals surface area contributed by atoms with Crippen LogP contribution in [0.4, 0.5) is 0 Å². The highest BCUT2D eigenvalue weighted by Gasteiger charge is 2.35. The van der Waals surface area contributed by atoms with Crippen LogP contribution in [0.15, 0.2) is 34.9 Å². The molecule has 1 atom stereocenters. The van der Waals surface area contributed by atoms with Gasteiger partial charge in [-0.1, -0.05) is 41.9 Å². The van der Waals surface area contributed by atoms with E-state index in [1.54, 1.807) is 0 Å². The molecule has 1 aromatic carbocycles. The van der Waals surface area contributed by atoms with Crippen molar-refractivity contribution in [3.05, 3.63) is 52.9 Å². The van der Waals surface area contributed by atoms with Gasteiger partial charge in [-0.05, 0) is 57.4 Å². The molecule has 1 aromatic heterocycles. The lowest BCUT2D eigenvalue weighted by molar-refractivity contribution is -0.138. The topological polar surface area (TPSA) is 66.7 Å². The van der Waals surface area contributed by atoms with Crippen molar-refractivity contribution in [2.45, 2.75) is 58.8 Å². The van der Waals surface area contributed by atoms with Crippen molar-refractivity contribution in [3.8, 4) is 0 Å². The Hall–Kier alpha value is -2.63. The fraction of sp³-hybridized carbons (Fsp3) is 0.577. The molecule has 2 saturated heterocycles. The second-order valence-electron chi connectivity index (χ2n) is 9.36. The van der Waals surface area contributed by atoms with Gasteiger partial charge in [0.25, 0.3) is 0 Å². The predicted molar refractivity (Wildman–Crippen MR) is 123 cm³/mol. The number of likely N-dealkylation sites (tertiary alicyclic amines) is 2. The highest BCUT2D eigenvalue weighted by molar-refractivity contribution is 5.80. The molecule has 3 heterocycles. The molecule has 0 saturated carbocycles. The summed E-state index contributed by atoms with van der Waals surface area (Å²) in [5, 5.41) is 3.96. The number of carbonyl (C=O) groups is 2. The molecular formula is C26H35N3O3. The first-order valence-corrected chi connectivity index (χ1v) is 12.0. The SMILES string of the molecule is Cc1noc(C)c1CC(=O)N1CCC([C@H]2CCCCN(CCc3ccccc3)C2=O)CC1. The summed E-state index contributed by atoms with van der Waals surface area (Å²) in [5.74, 6) is 1.68. The van der Waals surface area contributed by atoms with E-state index in [1.165, 1.54) is 5.56 Å². The predicted octanol–water partition coefficient (Wildman–Crippen LogP) is 3.94. The Bertz CT molecular complexity index is 896. The highest BCUT2D eigenvalue weighted by Crippen LogP contribution is 2.32. The fourth-order valence-corrected chi connectivity index (χ4v) is 5.27. The lowest BCUT2D eigenvalue weighted by Gasteiger charge is -2.36. The number of carbonyl (C=O) groups excluding carboxylic acids is 2. The van der Waals surface area contributed by atoms with Crippen molar-refractivity contribution in [1.29, 1.82) is 0 Å². The minimum absolute atomic E-state index is 0.105. The van der Waals surface area contributed by atoms with Gasteiger partial charge in [0.2, 0.25) is 11.8 Å². The van der Waals surface area contributed by atoms with Crippen LogP contribution in [0, 0.1) is 25.7 Å². The number of amides is 2. The molecule has 0 spiro atoms. The average molecular weight is 438 g/mol. The van der Waals surface area contributed by atoms with Crippen LogP contribution >= 0.6 is 0 Å². The first kappa shape index (κ1) is 22.6. The average Bonchev–Trinajstić information content (AvgIpc) is 3.01. The van der Waals surface area contributed by atoms with Crippen LogP contribution in [0.25, 0.3) is 0 Å². The fourth-order valence-electron chi connectivity index (χ4n) is 5.27. The molecule has 172 valence electrons. The van der Waals surface area contributed by atoms with Crippen LogP contribution in [-0.2, 0) is 22.4 Å². The number of rotatable bonds is 6. The van der Waals surface area contributed by atoms with Crippen LogP contribution in [0.2, 0.25) is 0 Å². The minimum atomic E-state index is 0.105. The Labute approximate surface area is 190 Å². The van der Waals surface area contributed by atoms with E-state index < -0.39 is 0 Å². The lowest BCUT2D eigenvalue weighted by atomic mass is 9.81. The first-order chi connectivity index (χ1) is 15.5. The van der Waals surface area contributed by atoms with Crippen LogP contribution < -0.4 is 0 Å². The van der Waals surface area contributed by atoms with Crippen molar-refractivity contribution in [2.24, 2.45) is 11.8 Å². The van der Waals surface area contributed by atoms with E-state index in [-0.39, 0.29) is 11.8 Å². The van der Waals surface area contributed by atoms with Gasteiger partial charge < -0.3 is 14.3 Å². The number of aryl methyl sites for hydroxylation is 2. The number of benzene rings is 1. The molecule has 0 bridgehead atoms. The van der Waals surface area contributed by atoms with E-state index in [0.717, 1.165) is 81.7 Å². The smallest absolute Gasteiger partial charge is 0.227 e. The van der Waals surface area contributed by atoms with Gasteiger partial charge in [0.15, 0.2) is 0 Å². The Morgan fingerprint density at radius 3 is 2.50 bits per heavy atom. The molecule has 32 heavy (non-hydrogen) atoms. The van der Waals surface area contributed by atoms with E-state index in [1.807, 2.05) is 24.8 Å². The summed E-state index contributed by atoms with van der Waals surface area (Å²) in [6, 6.07) is 10.4. The third kappa shape index (κ3) is 5.22. The molecule has 4 rings (SSSR count). The van der Waals surface area contributed by atoms with Crippen LogP contribution in [0.1, 0.15) is 54.7 Å². The Morgan fingerprint density at radius 1 is 1.06 bits per heavy atom.